The van der Waals surface area contributed by atoms with Crippen LogP contribution in [-0.4, -0.2) is 16.3 Å². The molecule has 1 saturated carbocycles. The highest BCUT2D eigenvalue weighted by Crippen LogP contribution is 2.43. The van der Waals surface area contributed by atoms with Crippen LogP contribution in [0.15, 0.2) is 24.5 Å². The van der Waals surface area contributed by atoms with Crippen LogP contribution in [0.4, 0.5) is 4.39 Å². The molecule has 64 valence electrons. The normalized spacial score (nSPS) is 34.3. The Bertz CT molecular complexity index is 277. The first-order valence-electron chi connectivity index (χ1n) is 4.00. The molecule has 0 unspecified atom stereocenters. The second-order valence-electron chi connectivity index (χ2n) is 3.17. The van der Waals surface area contributed by atoms with Crippen molar-refractivity contribution in [2.45, 2.75) is 24.6 Å². The van der Waals surface area contributed by atoms with Crippen LogP contribution in [0.5, 0.6) is 0 Å². The van der Waals surface area contributed by atoms with E-state index in [2.05, 4.69) is 4.98 Å². The number of alkyl halides is 1. The summed E-state index contributed by atoms with van der Waals surface area (Å²) in [6.07, 6.45) is 2.99. The van der Waals surface area contributed by atoms with Crippen molar-refractivity contribution in [3.8, 4) is 0 Å². The van der Waals surface area contributed by atoms with Gasteiger partial charge in [0.1, 0.15) is 11.8 Å². The van der Waals surface area contributed by atoms with Gasteiger partial charge in [0.2, 0.25) is 0 Å². The van der Waals surface area contributed by atoms with E-state index in [1.54, 1.807) is 24.5 Å². The predicted molar refractivity (Wildman–Crippen MR) is 42.3 cm³/mol. The molecule has 1 aromatic heterocycles. The fraction of sp³-hybridized carbons (Fsp3) is 0.444. The fourth-order valence-electron chi connectivity index (χ4n) is 1.49. The average Bonchev–Trinajstić information content (AvgIpc) is 2.16. The molecule has 2 nitrogen and oxygen atoms in total. The lowest BCUT2D eigenvalue weighted by Gasteiger charge is -2.40. The van der Waals surface area contributed by atoms with Crippen LogP contribution >= 0.6 is 0 Å². The third-order valence-electron chi connectivity index (χ3n) is 2.48. The second kappa shape index (κ2) is 2.52. The summed E-state index contributed by atoms with van der Waals surface area (Å²) >= 11 is 0. The van der Waals surface area contributed by atoms with E-state index in [-0.39, 0.29) is 0 Å². The molecule has 1 N–H and O–H groups in total. The zero-order chi connectivity index (χ0) is 8.60. The van der Waals surface area contributed by atoms with E-state index in [0.717, 1.165) is 0 Å². The minimum absolute atomic E-state index is 0.457. The third-order valence-corrected chi connectivity index (χ3v) is 2.48. The van der Waals surface area contributed by atoms with E-state index in [9.17, 15) is 9.50 Å². The highest BCUT2D eigenvalue weighted by atomic mass is 19.1. The molecule has 1 aliphatic carbocycles. The fourth-order valence-corrected chi connectivity index (χ4v) is 1.49. The summed E-state index contributed by atoms with van der Waals surface area (Å²) < 4.78 is 13.0. The minimum atomic E-state index is -1.23. The van der Waals surface area contributed by atoms with Gasteiger partial charge in [-0.3, -0.25) is 4.98 Å². The minimum Gasteiger partial charge on any atom is -0.382 e. The second-order valence-corrected chi connectivity index (χ2v) is 3.17. The van der Waals surface area contributed by atoms with Crippen LogP contribution in [0.3, 0.4) is 0 Å². The van der Waals surface area contributed by atoms with Gasteiger partial charge in [-0.2, -0.15) is 0 Å². The summed E-state index contributed by atoms with van der Waals surface area (Å²) in [6.45, 7) is 0. The molecule has 0 radical (unpaired) electrons. The summed E-state index contributed by atoms with van der Waals surface area (Å²) in [5, 5.41) is 9.75. The number of hydrogen-bond donors (Lipinski definition) is 1. The lowest BCUT2D eigenvalue weighted by Crippen LogP contribution is -2.45. The standard InChI is InChI=1S/C9H10FNO/c10-8-1-4-9(8,12)7-2-5-11-6-3-7/h2-3,5-6,8,12H,1,4H2/t8-,9-/m1/s1. The molecule has 0 saturated heterocycles. The molecule has 12 heavy (non-hydrogen) atoms. The van der Waals surface area contributed by atoms with Crippen LogP contribution in [-0.2, 0) is 5.60 Å². The Kier molecular flexibility index (Phi) is 1.61. The van der Waals surface area contributed by atoms with E-state index < -0.39 is 11.8 Å². The molecule has 2 rings (SSSR count). The molecule has 1 aromatic rings. The van der Waals surface area contributed by atoms with Crippen molar-refractivity contribution in [1.29, 1.82) is 0 Å². The molecule has 3 heteroatoms. The lowest BCUT2D eigenvalue weighted by atomic mass is 9.74. The molecule has 1 heterocycles. The first-order chi connectivity index (χ1) is 5.73. The maximum absolute atomic E-state index is 13.0. The van der Waals surface area contributed by atoms with Crippen LogP contribution in [0, 0.1) is 0 Å². The van der Waals surface area contributed by atoms with Gasteiger partial charge in [0.15, 0.2) is 0 Å². The highest BCUT2D eigenvalue weighted by Gasteiger charge is 2.47. The number of nitrogens with zero attached hydrogens (tertiary/aromatic N) is 1. The van der Waals surface area contributed by atoms with Gasteiger partial charge in [-0.15, -0.1) is 0 Å². The zero-order valence-electron chi connectivity index (χ0n) is 6.57. The Hall–Kier alpha value is -0.960. The highest BCUT2D eigenvalue weighted by molar-refractivity contribution is 5.24. The first-order valence-corrected chi connectivity index (χ1v) is 4.00. The SMILES string of the molecule is O[C@@]1(c2ccncc2)CC[C@H]1F. The lowest BCUT2D eigenvalue weighted by molar-refractivity contribution is -0.114. The monoisotopic (exact) mass is 167 g/mol. The Morgan fingerprint density at radius 1 is 1.50 bits per heavy atom. The molecule has 0 spiro atoms. The van der Waals surface area contributed by atoms with Gasteiger partial charge >= 0.3 is 0 Å². The van der Waals surface area contributed by atoms with Gasteiger partial charge in [0, 0.05) is 12.4 Å². The molecule has 2 atom stereocenters. The Morgan fingerprint density at radius 3 is 2.58 bits per heavy atom. The van der Waals surface area contributed by atoms with Crippen molar-refractivity contribution in [2.24, 2.45) is 0 Å². The maximum atomic E-state index is 13.0. The summed E-state index contributed by atoms with van der Waals surface area (Å²) in [6, 6.07) is 3.32. The van der Waals surface area contributed by atoms with Gasteiger partial charge in [-0.25, -0.2) is 4.39 Å². The molecule has 1 aliphatic rings. The molecule has 0 amide bonds. The van der Waals surface area contributed by atoms with Crippen LogP contribution < -0.4 is 0 Å². The number of pyridine rings is 1. The van der Waals surface area contributed by atoms with Gasteiger partial charge in [-0.05, 0) is 30.5 Å². The molecular weight excluding hydrogens is 157 g/mol. The van der Waals surface area contributed by atoms with Crippen molar-refractivity contribution in [3.05, 3.63) is 30.1 Å². The summed E-state index contributed by atoms with van der Waals surface area (Å²) in [5.41, 5.74) is -0.598. The number of hydrogen-bond acceptors (Lipinski definition) is 2. The van der Waals surface area contributed by atoms with E-state index in [1.807, 2.05) is 0 Å². The number of rotatable bonds is 1. The first kappa shape index (κ1) is 7.68. The summed E-state index contributed by atoms with van der Waals surface area (Å²) in [5.74, 6) is 0. The van der Waals surface area contributed by atoms with Crippen LogP contribution in [0.1, 0.15) is 18.4 Å². The molecule has 0 bridgehead atoms. The largest absolute Gasteiger partial charge is 0.382 e. The van der Waals surface area contributed by atoms with E-state index in [4.69, 9.17) is 0 Å². The van der Waals surface area contributed by atoms with Crippen molar-refractivity contribution in [2.75, 3.05) is 0 Å². The van der Waals surface area contributed by atoms with Crippen molar-refractivity contribution < 1.29 is 9.50 Å². The smallest absolute Gasteiger partial charge is 0.133 e. The Balaban J connectivity index is 2.31. The summed E-state index contributed by atoms with van der Waals surface area (Å²) in [7, 11) is 0. The maximum Gasteiger partial charge on any atom is 0.133 e. The predicted octanol–water partition coefficient (Wildman–Crippen LogP) is 1.40. The van der Waals surface area contributed by atoms with Gasteiger partial charge in [0.05, 0.1) is 0 Å². The average molecular weight is 167 g/mol. The van der Waals surface area contributed by atoms with Crippen LogP contribution in [0.2, 0.25) is 0 Å². The van der Waals surface area contributed by atoms with Gasteiger partial charge in [-0.1, -0.05) is 0 Å². The quantitative estimate of drug-likeness (QED) is 0.685. The van der Waals surface area contributed by atoms with Crippen molar-refractivity contribution in [1.82, 2.24) is 4.98 Å². The van der Waals surface area contributed by atoms with Crippen molar-refractivity contribution >= 4 is 0 Å². The summed E-state index contributed by atoms with van der Waals surface area (Å²) in [4.78, 5) is 3.81. The molecule has 0 aliphatic heterocycles. The van der Waals surface area contributed by atoms with Crippen molar-refractivity contribution in [3.63, 3.8) is 0 Å². The van der Waals surface area contributed by atoms with E-state index in [1.165, 1.54) is 0 Å². The zero-order valence-corrected chi connectivity index (χ0v) is 6.57. The van der Waals surface area contributed by atoms with Gasteiger partial charge < -0.3 is 5.11 Å². The molecule has 0 aromatic carbocycles. The molecular formula is C9H10FNO. The number of aliphatic hydroxyl groups is 1. The Labute approximate surface area is 70.1 Å². The number of halogens is 1. The number of aromatic nitrogens is 1. The topological polar surface area (TPSA) is 33.1 Å². The van der Waals surface area contributed by atoms with Crippen LogP contribution in [0.25, 0.3) is 0 Å². The third kappa shape index (κ3) is 0.932. The van der Waals surface area contributed by atoms with E-state index >= 15 is 0 Å². The Morgan fingerprint density at radius 2 is 2.17 bits per heavy atom. The van der Waals surface area contributed by atoms with Gasteiger partial charge in [0.25, 0.3) is 0 Å². The van der Waals surface area contributed by atoms with E-state index in [0.29, 0.717) is 18.4 Å². The molecule has 1 fully saturated rings.